The van der Waals surface area contributed by atoms with Crippen LogP contribution in [0.2, 0.25) is 0 Å². The molecule has 3 nitrogen and oxygen atoms in total. The Hall–Kier alpha value is -0.940. The summed E-state index contributed by atoms with van der Waals surface area (Å²) >= 11 is 3.32. The van der Waals surface area contributed by atoms with Crippen molar-refractivity contribution in [3.63, 3.8) is 0 Å². The molecule has 1 saturated carbocycles. The number of nitrogens with zero attached hydrogens (tertiary/aromatic N) is 2. The quantitative estimate of drug-likeness (QED) is 0.833. The van der Waals surface area contributed by atoms with E-state index in [1.807, 2.05) is 4.90 Å². The molecule has 0 radical (unpaired) electrons. The van der Waals surface area contributed by atoms with Gasteiger partial charge in [-0.2, -0.15) is 0 Å². The molecule has 1 aliphatic carbocycles. The Labute approximate surface area is 120 Å². The van der Waals surface area contributed by atoms with Gasteiger partial charge in [0.2, 0.25) is 0 Å². The Balaban J connectivity index is 1.68. The number of carbonyl (C=O) groups excluding carboxylic acids is 1. The minimum atomic E-state index is -0.372. The first-order valence-corrected chi connectivity index (χ1v) is 7.43. The molecule has 19 heavy (non-hydrogen) atoms. The van der Waals surface area contributed by atoms with Gasteiger partial charge in [-0.25, -0.2) is 4.39 Å². The zero-order chi connectivity index (χ0) is 13.4. The molecule has 2 fully saturated rings. The van der Waals surface area contributed by atoms with Crippen molar-refractivity contribution in [2.24, 2.45) is 0 Å². The summed E-state index contributed by atoms with van der Waals surface area (Å²) < 4.78 is 13.9. The van der Waals surface area contributed by atoms with Gasteiger partial charge in [0.25, 0.3) is 5.91 Å². The van der Waals surface area contributed by atoms with E-state index in [0.717, 1.165) is 32.2 Å². The zero-order valence-corrected chi connectivity index (χ0v) is 12.2. The average molecular weight is 327 g/mol. The molecule has 1 aromatic carbocycles. The normalized spacial score (nSPS) is 20.6. The summed E-state index contributed by atoms with van der Waals surface area (Å²) in [4.78, 5) is 16.6. The maximum Gasteiger partial charge on any atom is 0.255 e. The highest BCUT2D eigenvalue weighted by Gasteiger charge is 2.32. The van der Waals surface area contributed by atoms with E-state index in [9.17, 15) is 9.18 Å². The minimum absolute atomic E-state index is 0.0816. The van der Waals surface area contributed by atoms with Crippen LogP contribution in [0.1, 0.15) is 23.2 Å². The molecule has 1 aliphatic heterocycles. The fraction of sp³-hybridized carbons (Fsp3) is 0.500. The van der Waals surface area contributed by atoms with E-state index < -0.39 is 0 Å². The van der Waals surface area contributed by atoms with Crippen molar-refractivity contribution in [3.05, 3.63) is 34.1 Å². The number of halogens is 2. The lowest BCUT2D eigenvalue weighted by Crippen LogP contribution is -2.49. The molecule has 1 saturated heterocycles. The molecule has 0 spiro atoms. The predicted molar refractivity (Wildman–Crippen MR) is 74.6 cm³/mol. The van der Waals surface area contributed by atoms with Gasteiger partial charge >= 0.3 is 0 Å². The summed E-state index contributed by atoms with van der Waals surface area (Å²) in [5, 5.41) is 0. The van der Waals surface area contributed by atoms with Gasteiger partial charge in [-0.3, -0.25) is 9.69 Å². The van der Waals surface area contributed by atoms with Crippen LogP contribution in [0.15, 0.2) is 22.7 Å². The fourth-order valence-corrected chi connectivity index (χ4v) is 2.98. The van der Waals surface area contributed by atoms with Crippen LogP contribution in [0.4, 0.5) is 4.39 Å². The van der Waals surface area contributed by atoms with Crippen molar-refractivity contribution in [3.8, 4) is 0 Å². The van der Waals surface area contributed by atoms with Crippen molar-refractivity contribution < 1.29 is 9.18 Å². The Morgan fingerprint density at radius 3 is 2.53 bits per heavy atom. The lowest BCUT2D eigenvalue weighted by molar-refractivity contribution is 0.0626. The van der Waals surface area contributed by atoms with Crippen molar-refractivity contribution in [1.82, 2.24) is 9.80 Å². The molecule has 1 amide bonds. The summed E-state index contributed by atoms with van der Waals surface area (Å²) in [6.07, 6.45) is 2.59. The van der Waals surface area contributed by atoms with E-state index in [1.54, 1.807) is 6.07 Å². The third-order valence-electron chi connectivity index (χ3n) is 3.82. The summed E-state index contributed by atoms with van der Waals surface area (Å²) in [5.41, 5.74) is 0.417. The smallest absolute Gasteiger partial charge is 0.255 e. The molecule has 0 bridgehead atoms. The second-order valence-electron chi connectivity index (χ2n) is 5.18. The van der Waals surface area contributed by atoms with Gasteiger partial charge in [0.1, 0.15) is 5.82 Å². The molecule has 0 atom stereocenters. The Bertz CT molecular complexity index is 496. The maximum atomic E-state index is 13.3. The molecular formula is C14H16BrFN2O. The summed E-state index contributed by atoms with van der Waals surface area (Å²) in [6.45, 7) is 3.34. The number of piperazine rings is 1. The predicted octanol–water partition coefficient (Wildman–Crippen LogP) is 2.51. The monoisotopic (exact) mass is 326 g/mol. The van der Waals surface area contributed by atoms with Gasteiger partial charge in [-0.1, -0.05) is 0 Å². The van der Waals surface area contributed by atoms with Gasteiger partial charge in [-0.15, -0.1) is 0 Å². The van der Waals surface area contributed by atoms with Crippen molar-refractivity contribution in [2.75, 3.05) is 26.2 Å². The second kappa shape index (κ2) is 5.21. The molecule has 0 aromatic heterocycles. The molecule has 1 heterocycles. The maximum absolute atomic E-state index is 13.3. The van der Waals surface area contributed by atoms with E-state index >= 15 is 0 Å². The van der Waals surface area contributed by atoms with E-state index in [2.05, 4.69) is 20.8 Å². The molecule has 5 heteroatoms. The third kappa shape index (κ3) is 2.82. The highest BCUT2D eigenvalue weighted by molar-refractivity contribution is 9.10. The van der Waals surface area contributed by atoms with Crippen LogP contribution < -0.4 is 0 Å². The first-order chi connectivity index (χ1) is 9.15. The Morgan fingerprint density at radius 2 is 1.89 bits per heavy atom. The lowest BCUT2D eigenvalue weighted by atomic mass is 10.1. The number of rotatable bonds is 2. The summed E-state index contributed by atoms with van der Waals surface area (Å²) in [6, 6.07) is 4.99. The molecule has 1 aromatic rings. The van der Waals surface area contributed by atoms with Crippen LogP contribution in [-0.2, 0) is 0 Å². The number of benzene rings is 1. The lowest BCUT2D eigenvalue weighted by Gasteiger charge is -2.35. The topological polar surface area (TPSA) is 23.6 Å². The van der Waals surface area contributed by atoms with Crippen LogP contribution in [0, 0.1) is 5.82 Å². The first-order valence-electron chi connectivity index (χ1n) is 6.63. The summed E-state index contributed by atoms with van der Waals surface area (Å²) in [7, 11) is 0. The van der Waals surface area contributed by atoms with E-state index in [0.29, 0.717) is 10.0 Å². The van der Waals surface area contributed by atoms with Gasteiger partial charge in [-0.05, 0) is 47.0 Å². The van der Waals surface area contributed by atoms with Gasteiger partial charge < -0.3 is 4.90 Å². The SMILES string of the molecule is O=C(c1cc(F)ccc1Br)N1CCN(C2CC2)CC1. The van der Waals surface area contributed by atoms with Crippen molar-refractivity contribution >= 4 is 21.8 Å². The molecule has 102 valence electrons. The van der Waals surface area contributed by atoms with Crippen LogP contribution >= 0.6 is 15.9 Å². The van der Waals surface area contributed by atoms with Gasteiger partial charge in [0.05, 0.1) is 5.56 Å². The molecular weight excluding hydrogens is 311 g/mol. The van der Waals surface area contributed by atoms with Gasteiger partial charge in [0, 0.05) is 36.7 Å². The first kappa shape index (κ1) is 13.1. The largest absolute Gasteiger partial charge is 0.336 e. The van der Waals surface area contributed by atoms with Crippen LogP contribution in [-0.4, -0.2) is 47.9 Å². The zero-order valence-electron chi connectivity index (χ0n) is 10.6. The van der Waals surface area contributed by atoms with E-state index in [4.69, 9.17) is 0 Å². The molecule has 0 N–H and O–H groups in total. The minimum Gasteiger partial charge on any atom is -0.336 e. The average Bonchev–Trinajstić information content (AvgIpc) is 3.25. The Morgan fingerprint density at radius 1 is 1.21 bits per heavy atom. The molecule has 0 unspecified atom stereocenters. The Kier molecular flexibility index (Phi) is 3.58. The second-order valence-corrected chi connectivity index (χ2v) is 6.04. The highest BCUT2D eigenvalue weighted by atomic mass is 79.9. The summed E-state index contributed by atoms with van der Waals surface area (Å²) in [5.74, 6) is -0.454. The number of carbonyl (C=O) groups is 1. The van der Waals surface area contributed by atoms with E-state index in [1.165, 1.54) is 25.0 Å². The van der Waals surface area contributed by atoms with E-state index in [-0.39, 0.29) is 11.7 Å². The number of amides is 1. The van der Waals surface area contributed by atoms with Crippen LogP contribution in [0.5, 0.6) is 0 Å². The third-order valence-corrected chi connectivity index (χ3v) is 4.52. The van der Waals surface area contributed by atoms with Crippen LogP contribution in [0.3, 0.4) is 0 Å². The number of hydrogen-bond acceptors (Lipinski definition) is 2. The fourth-order valence-electron chi connectivity index (χ4n) is 2.56. The standard InChI is InChI=1S/C14H16BrFN2O/c15-13-4-1-10(16)9-12(13)14(19)18-7-5-17(6-8-18)11-2-3-11/h1,4,9,11H,2-3,5-8H2. The van der Waals surface area contributed by atoms with Crippen molar-refractivity contribution in [2.45, 2.75) is 18.9 Å². The van der Waals surface area contributed by atoms with Gasteiger partial charge in [0.15, 0.2) is 0 Å². The van der Waals surface area contributed by atoms with Crippen LogP contribution in [0.25, 0.3) is 0 Å². The number of hydrogen-bond donors (Lipinski definition) is 0. The molecule has 3 rings (SSSR count). The highest BCUT2D eigenvalue weighted by Crippen LogP contribution is 2.28. The van der Waals surface area contributed by atoms with Crippen molar-refractivity contribution in [1.29, 1.82) is 0 Å². The molecule has 2 aliphatic rings.